The fourth-order valence-corrected chi connectivity index (χ4v) is 4.30. The minimum absolute atomic E-state index is 0. The molecule has 1 aliphatic rings. The van der Waals surface area contributed by atoms with Gasteiger partial charge >= 0.3 is 0 Å². The molecule has 0 amide bonds. The molecule has 1 fully saturated rings. The molecule has 0 saturated carbocycles. The van der Waals surface area contributed by atoms with Crippen LogP contribution in [-0.2, 0) is 6.54 Å². The third kappa shape index (κ3) is 7.09. The Morgan fingerprint density at radius 1 is 1.13 bits per heavy atom. The minimum Gasteiger partial charge on any atom is -0.369 e. The van der Waals surface area contributed by atoms with Crippen LogP contribution in [0, 0.1) is 20.8 Å². The predicted molar refractivity (Wildman–Crippen MR) is 140 cm³/mol. The average molecular weight is 543 g/mol. The Labute approximate surface area is 202 Å². The van der Waals surface area contributed by atoms with Crippen LogP contribution < -0.4 is 15.5 Å². The number of guanidine groups is 1. The molecule has 2 aromatic rings. The summed E-state index contributed by atoms with van der Waals surface area (Å²) < 4.78 is 0. The normalized spacial score (nSPS) is 15.1. The lowest BCUT2D eigenvalue weighted by Crippen LogP contribution is -2.49. The van der Waals surface area contributed by atoms with Crippen molar-refractivity contribution in [3.05, 3.63) is 45.4 Å². The number of halogens is 1. The molecule has 2 N–H and O–H groups in total. The molecule has 6 nitrogen and oxygen atoms in total. The zero-order chi connectivity index (χ0) is 20.6. The van der Waals surface area contributed by atoms with E-state index >= 15 is 0 Å². The van der Waals surface area contributed by atoms with Crippen molar-refractivity contribution in [3.8, 4) is 0 Å². The highest BCUT2D eigenvalue weighted by atomic mass is 127. The third-order valence-corrected chi connectivity index (χ3v) is 6.29. The number of anilines is 1. The van der Waals surface area contributed by atoms with E-state index in [1.807, 2.05) is 6.20 Å². The lowest BCUT2D eigenvalue weighted by Gasteiger charge is -2.37. The van der Waals surface area contributed by atoms with Gasteiger partial charge in [0.25, 0.3) is 0 Å². The summed E-state index contributed by atoms with van der Waals surface area (Å²) in [6.45, 7) is 16.4. The number of hydrogen-bond acceptors (Lipinski definition) is 5. The van der Waals surface area contributed by atoms with E-state index in [0.717, 1.165) is 56.8 Å². The van der Waals surface area contributed by atoms with Gasteiger partial charge < -0.3 is 15.5 Å². The SMILES string of the molecule is CCNC(=NCc1ncc(C)s1)NCCN1CCN(c2cccc(C)c2C)CC1.I. The largest absolute Gasteiger partial charge is 0.369 e. The number of benzene rings is 1. The van der Waals surface area contributed by atoms with E-state index in [1.54, 1.807) is 11.3 Å². The van der Waals surface area contributed by atoms with Gasteiger partial charge in [0.15, 0.2) is 5.96 Å². The van der Waals surface area contributed by atoms with Gasteiger partial charge in [0, 0.05) is 62.6 Å². The molecule has 0 aliphatic carbocycles. The van der Waals surface area contributed by atoms with Crippen molar-refractivity contribution in [2.75, 3.05) is 50.7 Å². The fraction of sp³-hybridized carbons (Fsp3) is 0.545. The zero-order valence-corrected chi connectivity index (χ0v) is 21.7. The first-order valence-electron chi connectivity index (χ1n) is 10.5. The van der Waals surface area contributed by atoms with Crippen LogP contribution in [0.1, 0.15) is 27.9 Å². The molecular weight excluding hydrogens is 507 g/mol. The van der Waals surface area contributed by atoms with Crippen LogP contribution in [0.5, 0.6) is 0 Å². The molecular formula is C22H35IN6S. The molecule has 0 spiro atoms. The fourth-order valence-electron chi connectivity index (χ4n) is 3.59. The number of hydrogen-bond donors (Lipinski definition) is 2. The number of nitrogens with one attached hydrogen (secondary N) is 2. The molecule has 0 atom stereocenters. The Morgan fingerprint density at radius 2 is 1.90 bits per heavy atom. The molecule has 3 rings (SSSR count). The van der Waals surface area contributed by atoms with E-state index in [-0.39, 0.29) is 24.0 Å². The highest BCUT2D eigenvalue weighted by molar-refractivity contribution is 14.0. The quantitative estimate of drug-likeness (QED) is 0.319. The Bertz CT molecular complexity index is 814. The van der Waals surface area contributed by atoms with E-state index in [4.69, 9.17) is 0 Å². The Balaban J connectivity index is 0.00000320. The van der Waals surface area contributed by atoms with E-state index < -0.39 is 0 Å². The summed E-state index contributed by atoms with van der Waals surface area (Å²) in [5.41, 5.74) is 4.17. The van der Waals surface area contributed by atoms with Crippen molar-refractivity contribution in [1.29, 1.82) is 0 Å². The summed E-state index contributed by atoms with van der Waals surface area (Å²) in [4.78, 5) is 15.3. The van der Waals surface area contributed by atoms with Crippen molar-refractivity contribution < 1.29 is 0 Å². The Hall–Kier alpha value is -1.39. The van der Waals surface area contributed by atoms with Crippen molar-refractivity contribution in [2.45, 2.75) is 34.2 Å². The molecule has 1 saturated heterocycles. The van der Waals surface area contributed by atoms with Gasteiger partial charge in [-0.1, -0.05) is 12.1 Å². The summed E-state index contributed by atoms with van der Waals surface area (Å²) >= 11 is 1.71. The van der Waals surface area contributed by atoms with E-state index in [1.165, 1.54) is 21.7 Å². The van der Waals surface area contributed by atoms with Gasteiger partial charge in [-0.15, -0.1) is 35.3 Å². The van der Waals surface area contributed by atoms with Crippen LogP contribution in [-0.4, -0.2) is 61.7 Å². The van der Waals surface area contributed by atoms with Crippen molar-refractivity contribution in [2.24, 2.45) is 4.99 Å². The summed E-state index contributed by atoms with van der Waals surface area (Å²) in [7, 11) is 0. The van der Waals surface area contributed by atoms with Crippen LogP contribution in [0.4, 0.5) is 5.69 Å². The first-order valence-corrected chi connectivity index (χ1v) is 11.4. The van der Waals surface area contributed by atoms with Crippen molar-refractivity contribution in [1.82, 2.24) is 20.5 Å². The smallest absolute Gasteiger partial charge is 0.191 e. The molecule has 0 unspecified atom stereocenters. The topological polar surface area (TPSA) is 55.8 Å². The molecule has 0 radical (unpaired) electrons. The number of aliphatic imine (C=N–C) groups is 1. The van der Waals surface area contributed by atoms with Gasteiger partial charge in [-0.05, 0) is 44.9 Å². The van der Waals surface area contributed by atoms with Gasteiger partial charge in [-0.3, -0.25) is 4.90 Å². The summed E-state index contributed by atoms with van der Waals surface area (Å²) in [6, 6.07) is 6.62. The second-order valence-corrected chi connectivity index (χ2v) is 8.85. The maximum atomic E-state index is 4.66. The number of thiazole rings is 1. The first kappa shape index (κ1) is 24.9. The predicted octanol–water partition coefficient (Wildman–Crippen LogP) is 3.56. The standard InChI is InChI=1S/C22H34N6S.HI/c1-5-23-22(26-16-21-25-15-18(3)29-21)24-9-10-27-11-13-28(14-12-27)20-8-6-7-17(2)19(20)4;/h6-8,15H,5,9-14,16H2,1-4H3,(H2,23,24,26);1H. The van der Waals surface area contributed by atoms with Crippen LogP contribution in [0.15, 0.2) is 29.4 Å². The highest BCUT2D eigenvalue weighted by Crippen LogP contribution is 2.23. The van der Waals surface area contributed by atoms with E-state index in [2.05, 4.69) is 76.3 Å². The van der Waals surface area contributed by atoms with Crippen molar-refractivity contribution >= 4 is 47.0 Å². The number of aryl methyl sites for hydroxylation is 2. The number of nitrogens with zero attached hydrogens (tertiary/aromatic N) is 4. The maximum absolute atomic E-state index is 4.66. The van der Waals surface area contributed by atoms with Gasteiger partial charge in [-0.2, -0.15) is 0 Å². The highest BCUT2D eigenvalue weighted by Gasteiger charge is 2.18. The Morgan fingerprint density at radius 3 is 2.57 bits per heavy atom. The second kappa shape index (κ2) is 12.5. The summed E-state index contributed by atoms with van der Waals surface area (Å²) in [5, 5.41) is 7.85. The minimum atomic E-state index is 0. The molecule has 1 aromatic heterocycles. The third-order valence-electron chi connectivity index (χ3n) is 5.40. The average Bonchev–Trinajstić information content (AvgIpc) is 3.14. The molecule has 0 bridgehead atoms. The monoisotopic (exact) mass is 542 g/mol. The van der Waals surface area contributed by atoms with Crippen LogP contribution in [0.3, 0.4) is 0 Å². The van der Waals surface area contributed by atoms with Crippen LogP contribution >= 0.6 is 35.3 Å². The van der Waals surface area contributed by atoms with E-state index in [9.17, 15) is 0 Å². The zero-order valence-electron chi connectivity index (χ0n) is 18.6. The summed E-state index contributed by atoms with van der Waals surface area (Å²) in [6.07, 6.45) is 1.91. The Kier molecular flexibility index (Phi) is 10.3. The molecule has 166 valence electrons. The van der Waals surface area contributed by atoms with E-state index in [0.29, 0.717) is 6.54 Å². The lowest BCUT2D eigenvalue weighted by molar-refractivity contribution is 0.261. The molecule has 30 heavy (non-hydrogen) atoms. The maximum Gasteiger partial charge on any atom is 0.191 e. The van der Waals surface area contributed by atoms with Gasteiger partial charge in [-0.25, -0.2) is 9.98 Å². The summed E-state index contributed by atoms with van der Waals surface area (Å²) in [5.74, 6) is 0.870. The van der Waals surface area contributed by atoms with Gasteiger partial charge in [0.1, 0.15) is 5.01 Å². The van der Waals surface area contributed by atoms with Crippen LogP contribution in [0.25, 0.3) is 0 Å². The van der Waals surface area contributed by atoms with Crippen LogP contribution in [0.2, 0.25) is 0 Å². The molecule has 8 heteroatoms. The lowest BCUT2D eigenvalue weighted by atomic mass is 10.1. The number of rotatable bonds is 7. The molecule has 2 heterocycles. The molecule has 1 aromatic carbocycles. The first-order chi connectivity index (χ1) is 14.1. The number of piperazine rings is 1. The van der Waals surface area contributed by atoms with Crippen molar-refractivity contribution in [3.63, 3.8) is 0 Å². The van der Waals surface area contributed by atoms with Gasteiger partial charge in [0.05, 0.1) is 6.54 Å². The molecule has 1 aliphatic heterocycles. The number of aromatic nitrogens is 1. The van der Waals surface area contributed by atoms with Gasteiger partial charge in [0.2, 0.25) is 0 Å². The second-order valence-electron chi connectivity index (χ2n) is 7.53.